The summed E-state index contributed by atoms with van der Waals surface area (Å²) < 4.78 is 0.789. The lowest BCUT2D eigenvalue weighted by Gasteiger charge is -2.30. The maximum atomic E-state index is 12.7. The number of piperidine rings is 1. The average Bonchev–Trinajstić information content (AvgIpc) is 3.30. The van der Waals surface area contributed by atoms with Gasteiger partial charge in [0, 0.05) is 23.3 Å². The molecule has 1 aliphatic carbocycles. The van der Waals surface area contributed by atoms with E-state index in [0.717, 1.165) is 36.9 Å². The van der Waals surface area contributed by atoms with Crippen LogP contribution in [0.5, 0.6) is 0 Å². The van der Waals surface area contributed by atoms with Gasteiger partial charge in [0.25, 0.3) is 5.91 Å². The van der Waals surface area contributed by atoms with Crippen LogP contribution in [-0.4, -0.2) is 41.5 Å². The first kappa shape index (κ1) is 14.0. The maximum absolute atomic E-state index is 12.7. The second-order valence-electron chi connectivity index (χ2n) is 5.73. The summed E-state index contributed by atoms with van der Waals surface area (Å²) in [5.41, 5.74) is 0.545. The summed E-state index contributed by atoms with van der Waals surface area (Å²) >= 11 is 3.44. The molecular formula is C15H20BrN3O. The Morgan fingerprint density at radius 3 is 2.95 bits per heavy atom. The summed E-state index contributed by atoms with van der Waals surface area (Å²) in [5, 5.41) is 3.43. The number of carbonyl (C=O) groups is 1. The van der Waals surface area contributed by atoms with E-state index in [1.54, 1.807) is 6.20 Å². The van der Waals surface area contributed by atoms with Crippen molar-refractivity contribution in [3.63, 3.8) is 0 Å². The Morgan fingerprint density at radius 2 is 2.30 bits per heavy atom. The number of rotatable bonds is 4. The summed E-state index contributed by atoms with van der Waals surface area (Å²) in [6, 6.07) is 4.15. The first-order chi connectivity index (χ1) is 9.75. The first-order valence-corrected chi connectivity index (χ1v) is 8.17. The molecule has 1 N–H and O–H groups in total. The van der Waals surface area contributed by atoms with E-state index in [1.165, 1.54) is 12.8 Å². The normalized spacial score (nSPS) is 22.6. The molecule has 1 amide bonds. The molecule has 20 heavy (non-hydrogen) atoms. The Balaban J connectivity index is 1.73. The fourth-order valence-corrected chi connectivity index (χ4v) is 3.25. The Morgan fingerprint density at radius 1 is 1.45 bits per heavy atom. The minimum atomic E-state index is 0.0746. The van der Waals surface area contributed by atoms with Crippen LogP contribution >= 0.6 is 15.9 Å². The summed E-state index contributed by atoms with van der Waals surface area (Å²) in [4.78, 5) is 19.0. The molecule has 0 radical (unpaired) electrons. The number of aromatic nitrogens is 1. The van der Waals surface area contributed by atoms with Crippen molar-refractivity contribution in [2.24, 2.45) is 5.92 Å². The molecule has 1 aromatic rings. The van der Waals surface area contributed by atoms with Crippen LogP contribution in [0.4, 0.5) is 0 Å². The van der Waals surface area contributed by atoms with Crippen molar-refractivity contribution in [2.75, 3.05) is 19.6 Å². The molecule has 1 unspecified atom stereocenters. The van der Waals surface area contributed by atoms with Crippen LogP contribution in [-0.2, 0) is 0 Å². The molecule has 2 aliphatic rings. The van der Waals surface area contributed by atoms with Crippen molar-refractivity contribution in [3.8, 4) is 0 Å². The lowest BCUT2D eigenvalue weighted by atomic mass is 9.99. The van der Waals surface area contributed by atoms with Gasteiger partial charge in [-0.3, -0.25) is 4.79 Å². The predicted molar refractivity (Wildman–Crippen MR) is 81.6 cm³/mol. The highest BCUT2D eigenvalue weighted by Gasteiger charge is 2.35. The smallest absolute Gasteiger partial charge is 0.273 e. The van der Waals surface area contributed by atoms with Crippen molar-refractivity contribution in [3.05, 3.63) is 28.5 Å². The number of nitrogens with one attached hydrogen (secondary N) is 1. The van der Waals surface area contributed by atoms with Gasteiger partial charge in [0.2, 0.25) is 0 Å². The van der Waals surface area contributed by atoms with E-state index < -0.39 is 0 Å². The zero-order chi connectivity index (χ0) is 13.9. The van der Waals surface area contributed by atoms with Gasteiger partial charge in [-0.15, -0.1) is 0 Å². The molecule has 1 saturated carbocycles. The molecule has 3 rings (SSSR count). The number of nitrogens with zero attached hydrogens (tertiary/aromatic N) is 2. The van der Waals surface area contributed by atoms with Gasteiger partial charge in [0.1, 0.15) is 5.69 Å². The van der Waals surface area contributed by atoms with Crippen LogP contribution in [0.1, 0.15) is 36.2 Å². The third-order valence-corrected chi connectivity index (χ3v) is 4.70. The summed E-state index contributed by atoms with van der Waals surface area (Å²) in [6.45, 7) is 3.00. The van der Waals surface area contributed by atoms with Crippen molar-refractivity contribution in [1.82, 2.24) is 15.2 Å². The molecule has 0 aromatic carbocycles. The number of hydrogen-bond donors (Lipinski definition) is 1. The van der Waals surface area contributed by atoms with Crippen molar-refractivity contribution >= 4 is 21.8 Å². The highest BCUT2D eigenvalue weighted by molar-refractivity contribution is 9.10. The molecule has 0 bridgehead atoms. The molecule has 5 heteroatoms. The standard InChI is InChI=1S/C15H20BrN3O/c16-13-4-2-8-18-14(13)15(20)19(12-5-6-12)10-11-3-1-7-17-9-11/h2,4,8,11-12,17H,1,3,5-7,9-10H2. The quantitative estimate of drug-likeness (QED) is 0.917. The molecule has 1 atom stereocenters. The number of pyridine rings is 1. The molecule has 108 valence electrons. The van der Waals surface area contributed by atoms with Gasteiger partial charge in [-0.2, -0.15) is 0 Å². The Bertz CT molecular complexity index is 484. The van der Waals surface area contributed by atoms with E-state index in [2.05, 4.69) is 26.2 Å². The highest BCUT2D eigenvalue weighted by atomic mass is 79.9. The zero-order valence-electron chi connectivity index (χ0n) is 11.5. The summed E-state index contributed by atoms with van der Waals surface area (Å²) in [5.74, 6) is 0.654. The number of amides is 1. The van der Waals surface area contributed by atoms with Crippen molar-refractivity contribution < 1.29 is 4.79 Å². The van der Waals surface area contributed by atoms with E-state index >= 15 is 0 Å². The van der Waals surface area contributed by atoms with Gasteiger partial charge >= 0.3 is 0 Å². The third-order valence-electron chi connectivity index (χ3n) is 4.06. The minimum Gasteiger partial charge on any atom is -0.334 e. The van der Waals surface area contributed by atoms with Crippen LogP contribution in [0.25, 0.3) is 0 Å². The van der Waals surface area contributed by atoms with Crippen LogP contribution in [0, 0.1) is 5.92 Å². The summed E-state index contributed by atoms with van der Waals surface area (Å²) in [6.07, 6.45) is 6.38. The first-order valence-electron chi connectivity index (χ1n) is 7.38. The molecule has 2 heterocycles. The fourth-order valence-electron chi connectivity index (χ4n) is 2.82. The van der Waals surface area contributed by atoms with E-state index in [4.69, 9.17) is 0 Å². The van der Waals surface area contributed by atoms with Gasteiger partial charge in [-0.05, 0) is 72.8 Å². The van der Waals surface area contributed by atoms with Gasteiger partial charge < -0.3 is 10.2 Å². The number of hydrogen-bond acceptors (Lipinski definition) is 3. The lowest BCUT2D eigenvalue weighted by Crippen LogP contribution is -2.42. The lowest BCUT2D eigenvalue weighted by molar-refractivity contribution is 0.0697. The van der Waals surface area contributed by atoms with Crippen molar-refractivity contribution in [1.29, 1.82) is 0 Å². The van der Waals surface area contributed by atoms with Gasteiger partial charge in [-0.25, -0.2) is 4.98 Å². The largest absolute Gasteiger partial charge is 0.334 e. The average molecular weight is 338 g/mol. The van der Waals surface area contributed by atoms with Crippen LogP contribution in [0.15, 0.2) is 22.8 Å². The number of halogens is 1. The number of carbonyl (C=O) groups excluding carboxylic acids is 1. The molecular weight excluding hydrogens is 318 g/mol. The van der Waals surface area contributed by atoms with Crippen molar-refractivity contribution in [2.45, 2.75) is 31.7 Å². The Hall–Kier alpha value is -0.940. The second kappa shape index (κ2) is 6.22. The summed E-state index contributed by atoms with van der Waals surface area (Å²) in [7, 11) is 0. The monoisotopic (exact) mass is 337 g/mol. The highest BCUT2D eigenvalue weighted by Crippen LogP contribution is 2.30. The molecule has 4 nitrogen and oxygen atoms in total. The second-order valence-corrected chi connectivity index (χ2v) is 6.59. The predicted octanol–water partition coefficient (Wildman–Crippen LogP) is 2.45. The fraction of sp³-hybridized carbons (Fsp3) is 0.600. The van der Waals surface area contributed by atoms with Crippen LogP contribution in [0.2, 0.25) is 0 Å². The topological polar surface area (TPSA) is 45.2 Å². The molecule has 0 spiro atoms. The SMILES string of the molecule is O=C(c1ncccc1Br)N(CC1CCCNC1)C1CC1. The third kappa shape index (κ3) is 3.20. The van der Waals surface area contributed by atoms with E-state index in [-0.39, 0.29) is 5.91 Å². The van der Waals surface area contributed by atoms with Gasteiger partial charge in [-0.1, -0.05) is 0 Å². The Labute approximate surface area is 128 Å². The van der Waals surface area contributed by atoms with E-state index in [0.29, 0.717) is 17.7 Å². The molecule has 2 fully saturated rings. The van der Waals surface area contributed by atoms with Crippen LogP contribution < -0.4 is 5.32 Å². The van der Waals surface area contributed by atoms with E-state index in [9.17, 15) is 4.79 Å². The molecule has 1 aliphatic heterocycles. The minimum absolute atomic E-state index is 0.0746. The van der Waals surface area contributed by atoms with Gasteiger partial charge in [0.05, 0.1) is 0 Å². The molecule has 1 aromatic heterocycles. The maximum Gasteiger partial charge on any atom is 0.273 e. The van der Waals surface area contributed by atoms with Gasteiger partial charge in [0.15, 0.2) is 0 Å². The Kier molecular flexibility index (Phi) is 4.36. The zero-order valence-corrected chi connectivity index (χ0v) is 13.1. The molecule has 1 saturated heterocycles. The van der Waals surface area contributed by atoms with E-state index in [1.807, 2.05) is 17.0 Å². The van der Waals surface area contributed by atoms with Crippen LogP contribution in [0.3, 0.4) is 0 Å².